The van der Waals surface area contributed by atoms with Crippen LogP contribution >= 0.6 is 11.8 Å². The number of halogens is 1. The summed E-state index contributed by atoms with van der Waals surface area (Å²) in [4.78, 5) is 22.1. The molecule has 0 spiro atoms. The van der Waals surface area contributed by atoms with Crippen LogP contribution in [0.3, 0.4) is 0 Å². The number of nitrogens with one attached hydrogen (secondary N) is 1. The Bertz CT molecular complexity index is 982. The normalized spacial score (nSPS) is 15.7. The first-order valence-electron chi connectivity index (χ1n) is 10.1. The molecule has 1 atom stereocenters. The van der Waals surface area contributed by atoms with Gasteiger partial charge >= 0.3 is 0 Å². The summed E-state index contributed by atoms with van der Waals surface area (Å²) in [5, 5.41) is 4.01. The van der Waals surface area contributed by atoms with E-state index >= 15 is 0 Å². The Morgan fingerprint density at radius 3 is 2.76 bits per heavy atom. The minimum atomic E-state index is -0.333. The zero-order valence-corrected chi connectivity index (χ0v) is 17.3. The van der Waals surface area contributed by atoms with Crippen LogP contribution in [0.15, 0.2) is 47.9 Å². The number of imidazole rings is 1. The van der Waals surface area contributed by atoms with Gasteiger partial charge in [0.05, 0.1) is 17.2 Å². The Morgan fingerprint density at radius 2 is 2.03 bits per heavy atom. The van der Waals surface area contributed by atoms with E-state index in [9.17, 15) is 9.18 Å². The number of benzene rings is 1. The maximum atomic E-state index is 13.2. The van der Waals surface area contributed by atoms with Crippen molar-refractivity contribution in [3.8, 4) is 0 Å². The van der Waals surface area contributed by atoms with Gasteiger partial charge in [-0.1, -0.05) is 43.7 Å². The van der Waals surface area contributed by atoms with Crippen LogP contribution in [0.25, 0.3) is 11.0 Å². The van der Waals surface area contributed by atoms with E-state index in [-0.39, 0.29) is 23.8 Å². The molecule has 7 heteroatoms. The molecule has 0 aliphatic heterocycles. The molecule has 2 heterocycles. The lowest BCUT2D eigenvalue weighted by Crippen LogP contribution is -2.38. The van der Waals surface area contributed by atoms with Gasteiger partial charge in [0.25, 0.3) is 0 Å². The smallest absolute Gasteiger partial charge is 0.243 e. The highest BCUT2D eigenvalue weighted by molar-refractivity contribution is 7.98. The topological polar surface area (TPSA) is 59.8 Å². The molecule has 152 valence electrons. The summed E-state index contributed by atoms with van der Waals surface area (Å²) in [6, 6.07) is 8.30. The molecule has 1 aliphatic carbocycles. The molecular formula is C22H25FN4OS. The summed E-state index contributed by atoms with van der Waals surface area (Å²) >= 11 is 1.56. The van der Waals surface area contributed by atoms with E-state index < -0.39 is 0 Å². The molecule has 0 radical (unpaired) electrons. The number of nitrogens with zero attached hydrogens (tertiary/aromatic N) is 3. The third-order valence-electron chi connectivity index (χ3n) is 5.44. The fraction of sp³-hybridized carbons (Fsp3) is 0.409. The molecule has 5 nitrogen and oxygen atoms in total. The van der Waals surface area contributed by atoms with Crippen LogP contribution in [0.4, 0.5) is 4.39 Å². The minimum absolute atomic E-state index is 0.0474. The first-order valence-corrected chi connectivity index (χ1v) is 11.1. The van der Waals surface area contributed by atoms with Crippen molar-refractivity contribution in [2.45, 2.75) is 62.0 Å². The highest BCUT2D eigenvalue weighted by atomic mass is 32.2. The molecule has 4 rings (SSSR count). The Kier molecular flexibility index (Phi) is 6.13. The molecule has 0 saturated heterocycles. The van der Waals surface area contributed by atoms with Crippen molar-refractivity contribution in [1.82, 2.24) is 19.9 Å². The number of amides is 1. The lowest BCUT2D eigenvalue weighted by molar-refractivity contribution is -0.125. The number of rotatable bonds is 7. The maximum absolute atomic E-state index is 13.2. The maximum Gasteiger partial charge on any atom is 0.243 e. The highest BCUT2D eigenvalue weighted by Gasteiger charge is 2.27. The predicted molar refractivity (Wildman–Crippen MR) is 113 cm³/mol. The third-order valence-corrected chi connectivity index (χ3v) is 6.47. The molecule has 0 bridgehead atoms. The first-order chi connectivity index (χ1) is 14.2. The van der Waals surface area contributed by atoms with Gasteiger partial charge in [-0.25, -0.2) is 9.37 Å². The zero-order chi connectivity index (χ0) is 20.2. The van der Waals surface area contributed by atoms with Crippen molar-refractivity contribution in [3.05, 3.63) is 54.1 Å². The summed E-state index contributed by atoms with van der Waals surface area (Å²) in [7, 11) is 0. The molecule has 2 aromatic heterocycles. The van der Waals surface area contributed by atoms with Crippen LogP contribution < -0.4 is 5.32 Å². The fourth-order valence-corrected chi connectivity index (χ4v) is 4.92. The van der Waals surface area contributed by atoms with E-state index in [1.807, 2.05) is 17.6 Å². The molecule has 0 unspecified atom stereocenters. The standard InChI is InChI=1S/C22H25FN4OS/c1-2-19(21(28)25-17-5-3-4-6-17)27-20-13-24-12-11-18(20)26-22(27)29-14-15-7-9-16(23)10-8-15/h7-13,17,19H,2-6,14H2,1H3,(H,25,28)/t19-/m1/s1. The number of carbonyl (C=O) groups excluding carboxylic acids is 1. The van der Waals surface area contributed by atoms with Gasteiger partial charge in [0, 0.05) is 18.0 Å². The zero-order valence-electron chi connectivity index (χ0n) is 16.5. The van der Waals surface area contributed by atoms with E-state index in [0.717, 1.165) is 34.6 Å². The Hall–Kier alpha value is -2.41. The van der Waals surface area contributed by atoms with Gasteiger partial charge in [0.15, 0.2) is 5.16 Å². The van der Waals surface area contributed by atoms with Crippen molar-refractivity contribution in [3.63, 3.8) is 0 Å². The van der Waals surface area contributed by atoms with Crippen molar-refractivity contribution in [1.29, 1.82) is 0 Å². The molecule has 1 aliphatic rings. The van der Waals surface area contributed by atoms with Crippen LogP contribution in [-0.4, -0.2) is 26.5 Å². The lowest BCUT2D eigenvalue weighted by Gasteiger charge is -2.22. The molecule has 1 N–H and O–H groups in total. The number of hydrogen-bond acceptors (Lipinski definition) is 4. The summed E-state index contributed by atoms with van der Waals surface area (Å²) in [5.74, 6) is 0.454. The van der Waals surface area contributed by atoms with Gasteiger partial charge in [-0.3, -0.25) is 9.78 Å². The predicted octanol–water partition coefficient (Wildman–Crippen LogP) is 4.87. The second-order valence-corrected chi connectivity index (χ2v) is 8.40. The monoisotopic (exact) mass is 412 g/mol. The largest absolute Gasteiger partial charge is 0.352 e. The van der Waals surface area contributed by atoms with E-state index in [0.29, 0.717) is 12.2 Å². The van der Waals surface area contributed by atoms with Gasteiger partial charge in [-0.05, 0) is 43.0 Å². The van der Waals surface area contributed by atoms with Crippen LogP contribution in [0, 0.1) is 5.82 Å². The highest BCUT2D eigenvalue weighted by Crippen LogP contribution is 2.31. The molecule has 3 aromatic rings. The molecule has 1 fully saturated rings. The molecule has 1 saturated carbocycles. The summed E-state index contributed by atoms with van der Waals surface area (Å²) < 4.78 is 15.2. The lowest BCUT2D eigenvalue weighted by atomic mass is 10.1. The van der Waals surface area contributed by atoms with E-state index in [1.54, 1.807) is 36.3 Å². The van der Waals surface area contributed by atoms with Gasteiger partial charge in [-0.15, -0.1) is 0 Å². The Morgan fingerprint density at radius 1 is 1.28 bits per heavy atom. The second kappa shape index (κ2) is 8.95. The molecule has 1 aromatic carbocycles. The number of pyridine rings is 1. The van der Waals surface area contributed by atoms with Crippen LogP contribution in [0.5, 0.6) is 0 Å². The quantitative estimate of drug-likeness (QED) is 0.562. The molecular weight excluding hydrogens is 387 g/mol. The van der Waals surface area contributed by atoms with Gasteiger partial charge < -0.3 is 9.88 Å². The third kappa shape index (κ3) is 4.45. The molecule has 1 amide bonds. The molecule has 29 heavy (non-hydrogen) atoms. The Balaban J connectivity index is 1.62. The van der Waals surface area contributed by atoms with Crippen LogP contribution in [0.1, 0.15) is 50.6 Å². The van der Waals surface area contributed by atoms with Gasteiger partial charge in [0.1, 0.15) is 11.9 Å². The Labute approximate surface area is 174 Å². The number of fused-ring (bicyclic) bond motifs is 1. The van der Waals surface area contributed by atoms with Crippen molar-refractivity contribution >= 4 is 28.7 Å². The van der Waals surface area contributed by atoms with Crippen molar-refractivity contribution in [2.75, 3.05) is 0 Å². The van der Waals surface area contributed by atoms with E-state index in [1.165, 1.54) is 25.0 Å². The number of aromatic nitrogens is 3. The number of carbonyl (C=O) groups is 1. The van der Waals surface area contributed by atoms with Crippen LogP contribution in [0.2, 0.25) is 0 Å². The summed E-state index contributed by atoms with van der Waals surface area (Å²) in [6.45, 7) is 2.02. The average molecular weight is 413 g/mol. The summed E-state index contributed by atoms with van der Waals surface area (Å²) in [6.07, 6.45) is 8.63. The first kappa shape index (κ1) is 19.9. The second-order valence-electron chi connectivity index (χ2n) is 7.46. The minimum Gasteiger partial charge on any atom is -0.352 e. The van der Waals surface area contributed by atoms with E-state index in [4.69, 9.17) is 4.98 Å². The average Bonchev–Trinajstić information content (AvgIpc) is 3.36. The van der Waals surface area contributed by atoms with Gasteiger partial charge in [-0.2, -0.15) is 0 Å². The SMILES string of the molecule is CC[C@H](C(=O)NC1CCCC1)n1c(SCc2ccc(F)cc2)nc2ccncc21. The van der Waals surface area contributed by atoms with E-state index in [2.05, 4.69) is 10.3 Å². The van der Waals surface area contributed by atoms with Crippen molar-refractivity contribution in [2.24, 2.45) is 0 Å². The summed E-state index contributed by atoms with van der Waals surface area (Å²) in [5.41, 5.74) is 2.70. The van der Waals surface area contributed by atoms with Gasteiger partial charge in [0.2, 0.25) is 5.91 Å². The van der Waals surface area contributed by atoms with Crippen molar-refractivity contribution < 1.29 is 9.18 Å². The van der Waals surface area contributed by atoms with Crippen LogP contribution in [-0.2, 0) is 10.5 Å². The fourth-order valence-electron chi connectivity index (χ4n) is 3.90. The number of thioether (sulfide) groups is 1. The number of hydrogen-bond donors (Lipinski definition) is 1.